The van der Waals surface area contributed by atoms with Crippen molar-refractivity contribution in [3.05, 3.63) is 87.0 Å². The summed E-state index contributed by atoms with van der Waals surface area (Å²) in [5.41, 5.74) is 1.16. The smallest absolute Gasteiger partial charge is 0.281 e. The van der Waals surface area contributed by atoms with E-state index in [9.17, 15) is 19.2 Å². The summed E-state index contributed by atoms with van der Waals surface area (Å²) in [6.45, 7) is 4.12. The molecule has 0 aliphatic carbocycles. The summed E-state index contributed by atoms with van der Waals surface area (Å²) in [5.74, 6) is -1.51. The minimum atomic E-state index is -0.813. The number of aromatic nitrogens is 3. The highest BCUT2D eigenvalue weighted by Crippen LogP contribution is 2.14. The highest BCUT2D eigenvalue weighted by molar-refractivity contribution is 5.95. The molecule has 0 radical (unpaired) electrons. The van der Waals surface area contributed by atoms with E-state index >= 15 is 0 Å². The molecule has 0 N–H and O–H groups in total. The van der Waals surface area contributed by atoms with E-state index in [1.807, 2.05) is 26.0 Å². The summed E-state index contributed by atoms with van der Waals surface area (Å²) in [6.07, 6.45) is 2.26. The summed E-state index contributed by atoms with van der Waals surface area (Å²) in [5, 5.41) is 9.96. The van der Waals surface area contributed by atoms with Crippen LogP contribution in [0.3, 0.4) is 0 Å². The second kappa shape index (κ2) is 7.95. The molecule has 0 bridgehead atoms. The van der Waals surface area contributed by atoms with Crippen LogP contribution in [0.25, 0.3) is 16.7 Å². The zero-order valence-corrected chi connectivity index (χ0v) is 17.0. The van der Waals surface area contributed by atoms with Crippen LogP contribution in [0, 0.1) is 24.1 Å². The van der Waals surface area contributed by atoms with Gasteiger partial charge in [0.2, 0.25) is 0 Å². The minimum Gasteiger partial charge on any atom is -0.309 e. The number of carbonyl (C=O) groups is 1. The second-order valence-electron chi connectivity index (χ2n) is 7.08. The molecule has 0 spiro atoms. The standard InChI is InChI=1S/C23H18FN5O2/c1-3-10-28-20(27-22(30)16-8-4-5-9-18(16)24)15(13-25)12-17-21(28)26-19-14(2)7-6-11-29(19)23(17)31/h4-9,11-12H,3,10H2,1-2H3. The van der Waals surface area contributed by atoms with Crippen molar-refractivity contribution in [2.24, 2.45) is 4.99 Å². The average Bonchev–Trinajstić information content (AvgIpc) is 2.76. The molecule has 0 fully saturated rings. The van der Waals surface area contributed by atoms with Gasteiger partial charge in [0.05, 0.1) is 16.5 Å². The Bertz CT molecular complexity index is 1530. The SMILES string of the molecule is CCCn1c(=NC(=O)c2ccccc2F)c(C#N)cc2c(=O)n3cccc(C)c3nc21. The third-order valence-electron chi connectivity index (χ3n) is 4.98. The molecule has 31 heavy (non-hydrogen) atoms. The molecule has 154 valence electrons. The normalized spacial score (nSPS) is 11.7. The van der Waals surface area contributed by atoms with Gasteiger partial charge < -0.3 is 4.57 Å². The van der Waals surface area contributed by atoms with Crippen LogP contribution in [0.15, 0.2) is 58.4 Å². The van der Waals surface area contributed by atoms with Gasteiger partial charge in [0.15, 0.2) is 5.49 Å². The van der Waals surface area contributed by atoms with Gasteiger partial charge in [-0.1, -0.05) is 25.1 Å². The first kappa shape index (κ1) is 20.2. The van der Waals surface area contributed by atoms with Crippen LogP contribution >= 0.6 is 0 Å². The Morgan fingerprint density at radius 2 is 2.00 bits per heavy atom. The number of hydrogen-bond donors (Lipinski definition) is 0. The maximum absolute atomic E-state index is 14.1. The van der Waals surface area contributed by atoms with Gasteiger partial charge in [0, 0.05) is 12.7 Å². The summed E-state index contributed by atoms with van der Waals surface area (Å²) < 4.78 is 17.1. The quantitative estimate of drug-likeness (QED) is 0.481. The van der Waals surface area contributed by atoms with Gasteiger partial charge in [-0.05, 0) is 43.2 Å². The van der Waals surface area contributed by atoms with E-state index in [1.54, 1.807) is 16.8 Å². The molecular formula is C23H18FN5O2. The Kier molecular flexibility index (Phi) is 5.17. The van der Waals surface area contributed by atoms with E-state index in [2.05, 4.69) is 9.98 Å². The zero-order valence-electron chi connectivity index (χ0n) is 17.0. The topological polar surface area (TPSA) is 92.5 Å². The molecule has 1 amide bonds. The Morgan fingerprint density at radius 3 is 2.71 bits per heavy atom. The highest BCUT2D eigenvalue weighted by atomic mass is 19.1. The van der Waals surface area contributed by atoms with Gasteiger partial charge in [-0.3, -0.25) is 14.0 Å². The number of carbonyl (C=O) groups excluding carboxylic acids is 1. The number of hydrogen-bond acceptors (Lipinski definition) is 4. The van der Waals surface area contributed by atoms with Crippen molar-refractivity contribution in [1.29, 1.82) is 5.26 Å². The molecule has 0 aliphatic heterocycles. The number of pyridine rings is 2. The monoisotopic (exact) mass is 415 g/mol. The maximum Gasteiger partial charge on any atom is 0.281 e. The van der Waals surface area contributed by atoms with E-state index in [4.69, 9.17) is 0 Å². The first-order valence-electron chi connectivity index (χ1n) is 9.75. The van der Waals surface area contributed by atoms with Crippen molar-refractivity contribution >= 4 is 22.6 Å². The fraction of sp³-hybridized carbons (Fsp3) is 0.174. The first-order valence-corrected chi connectivity index (χ1v) is 9.75. The zero-order chi connectivity index (χ0) is 22.1. The molecule has 0 aliphatic rings. The lowest BCUT2D eigenvalue weighted by atomic mass is 10.2. The van der Waals surface area contributed by atoms with E-state index in [1.165, 1.54) is 34.7 Å². The number of nitriles is 1. The van der Waals surface area contributed by atoms with Crippen LogP contribution < -0.4 is 11.0 Å². The van der Waals surface area contributed by atoms with Gasteiger partial charge in [0.25, 0.3) is 11.5 Å². The van der Waals surface area contributed by atoms with Crippen molar-refractivity contribution in [2.45, 2.75) is 26.8 Å². The minimum absolute atomic E-state index is 0.0390. The summed E-state index contributed by atoms with van der Waals surface area (Å²) in [7, 11) is 0. The van der Waals surface area contributed by atoms with Crippen LogP contribution in [0.5, 0.6) is 0 Å². The Hall–Kier alpha value is -4.12. The van der Waals surface area contributed by atoms with Gasteiger partial charge >= 0.3 is 0 Å². The van der Waals surface area contributed by atoms with Crippen LogP contribution in [0.4, 0.5) is 4.39 Å². The predicted octanol–water partition coefficient (Wildman–Crippen LogP) is 3.12. The molecule has 4 aromatic rings. The summed E-state index contributed by atoms with van der Waals surface area (Å²) >= 11 is 0. The molecule has 8 heteroatoms. The maximum atomic E-state index is 14.1. The molecule has 0 saturated carbocycles. The second-order valence-corrected chi connectivity index (χ2v) is 7.08. The number of nitrogens with zero attached hydrogens (tertiary/aromatic N) is 5. The summed E-state index contributed by atoms with van der Waals surface area (Å²) in [6, 6.07) is 12.5. The van der Waals surface area contributed by atoms with Crippen molar-refractivity contribution in [2.75, 3.05) is 0 Å². The Labute approximate surface area is 176 Å². The van der Waals surface area contributed by atoms with Crippen molar-refractivity contribution in [3.8, 4) is 6.07 Å². The third-order valence-corrected chi connectivity index (χ3v) is 4.98. The van der Waals surface area contributed by atoms with E-state index < -0.39 is 11.7 Å². The average molecular weight is 415 g/mol. The molecule has 4 rings (SSSR count). The van der Waals surface area contributed by atoms with E-state index in [0.29, 0.717) is 24.3 Å². The Balaban J connectivity index is 2.14. The van der Waals surface area contributed by atoms with Gasteiger partial charge in [-0.2, -0.15) is 10.3 Å². The number of halogens is 1. The fourth-order valence-corrected chi connectivity index (χ4v) is 3.52. The van der Waals surface area contributed by atoms with Gasteiger partial charge in [-0.15, -0.1) is 0 Å². The predicted molar refractivity (Wildman–Crippen MR) is 113 cm³/mol. The Morgan fingerprint density at radius 1 is 1.23 bits per heavy atom. The highest BCUT2D eigenvalue weighted by Gasteiger charge is 2.16. The number of aryl methyl sites for hydroxylation is 2. The van der Waals surface area contributed by atoms with Gasteiger partial charge in [0.1, 0.15) is 23.2 Å². The molecule has 0 atom stereocenters. The van der Waals surface area contributed by atoms with Crippen LogP contribution in [0.2, 0.25) is 0 Å². The van der Waals surface area contributed by atoms with E-state index in [-0.39, 0.29) is 27.6 Å². The van der Waals surface area contributed by atoms with Crippen LogP contribution in [0.1, 0.15) is 34.8 Å². The number of fused-ring (bicyclic) bond motifs is 2. The number of amides is 1. The van der Waals surface area contributed by atoms with Crippen molar-refractivity contribution in [1.82, 2.24) is 14.0 Å². The van der Waals surface area contributed by atoms with Gasteiger partial charge in [-0.25, -0.2) is 9.37 Å². The van der Waals surface area contributed by atoms with Crippen LogP contribution in [-0.2, 0) is 6.54 Å². The van der Waals surface area contributed by atoms with E-state index in [0.717, 1.165) is 5.56 Å². The fourth-order valence-electron chi connectivity index (χ4n) is 3.52. The summed E-state index contributed by atoms with van der Waals surface area (Å²) in [4.78, 5) is 34.6. The first-order chi connectivity index (χ1) is 15.0. The molecule has 3 aromatic heterocycles. The molecule has 0 saturated heterocycles. The largest absolute Gasteiger partial charge is 0.309 e. The lowest BCUT2D eigenvalue weighted by Gasteiger charge is -2.13. The van der Waals surface area contributed by atoms with Crippen molar-refractivity contribution < 1.29 is 9.18 Å². The molecular weight excluding hydrogens is 397 g/mol. The van der Waals surface area contributed by atoms with Crippen LogP contribution in [-0.4, -0.2) is 19.9 Å². The number of benzene rings is 1. The lowest BCUT2D eigenvalue weighted by molar-refractivity contribution is 0.0993. The number of rotatable bonds is 3. The third kappa shape index (κ3) is 3.40. The molecule has 3 heterocycles. The molecule has 0 unspecified atom stereocenters. The molecule has 7 nitrogen and oxygen atoms in total. The molecule has 1 aromatic carbocycles. The van der Waals surface area contributed by atoms with Crippen molar-refractivity contribution in [3.63, 3.8) is 0 Å². The lowest BCUT2D eigenvalue weighted by Crippen LogP contribution is -2.29.